The highest BCUT2D eigenvalue weighted by Gasteiger charge is 2.23. The van der Waals surface area contributed by atoms with Gasteiger partial charge in [0.25, 0.3) is 5.69 Å². The number of halogens is 1. The summed E-state index contributed by atoms with van der Waals surface area (Å²) in [6.45, 7) is 0. The fraction of sp³-hybridized carbons (Fsp3) is 0.0667. The van der Waals surface area contributed by atoms with Gasteiger partial charge < -0.3 is 5.11 Å². The number of hydrogen-bond donors (Lipinski definition) is 2. The Morgan fingerprint density at radius 1 is 1.19 bits per heavy atom. The summed E-state index contributed by atoms with van der Waals surface area (Å²) in [4.78, 5) is 31.5. The molecule has 0 aliphatic carbocycles. The zero-order chi connectivity index (χ0) is 19.3. The van der Waals surface area contributed by atoms with Crippen molar-refractivity contribution in [2.24, 2.45) is 5.10 Å². The van der Waals surface area contributed by atoms with E-state index < -0.39 is 38.7 Å². The maximum absolute atomic E-state index is 12.8. The first-order valence-electron chi connectivity index (χ1n) is 7.00. The number of phenols is 1. The number of amides is 1. The van der Waals surface area contributed by atoms with Gasteiger partial charge in [0, 0.05) is 6.07 Å². The van der Waals surface area contributed by atoms with Gasteiger partial charge in [-0.3, -0.25) is 25.0 Å². The Labute approximate surface area is 144 Å². The molecular weight excluding hydrogens is 351 g/mol. The lowest BCUT2D eigenvalue weighted by molar-refractivity contribution is -0.394. The summed E-state index contributed by atoms with van der Waals surface area (Å²) in [7, 11) is 0. The Balaban J connectivity index is 2.14. The van der Waals surface area contributed by atoms with Gasteiger partial charge in [0.1, 0.15) is 5.82 Å². The molecule has 2 rings (SSSR count). The summed E-state index contributed by atoms with van der Waals surface area (Å²) in [6, 6.07) is 6.68. The van der Waals surface area contributed by atoms with Crippen LogP contribution in [0.3, 0.4) is 0 Å². The van der Waals surface area contributed by atoms with Crippen molar-refractivity contribution in [3.63, 3.8) is 0 Å². The Bertz CT molecular complexity index is 898. The molecule has 134 valence electrons. The first kappa shape index (κ1) is 18.4. The Kier molecular flexibility index (Phi) is 5.53. The van der Waals surface area contributed by atoms with Crippen LogP contribution in [0.5, 0.6) is 5.75 Å². The van der Waals surface area contributed by atoms with Gasteiger partial charge in [0.15, 0.2) is 0 Å². The number of nitro groups is 2. The fourth-order valence-corrected chi connectivity index (χ4v) is 1.97. The van der Waals surface area contributed by atoms with Crippen LogP contribution in [0.25, 0.3) is 0 Å². The van der Waals surface area contributed by atoms with Crippen molar-refractivity contribution in [3.8, 4) is 5.75 Å². The number of carbonyl (C=O) groups excluding carboxylic acids is 1. The van der Waals surface area contributed by atoms with E-state index in [9.17, 15) is 34.5 Å². The molecule has 0 fully saturated rings. The predicted molar refractivity (Wildman–Crippen MR) is 87.3 cm³/mol. The summed E-state index contributed by atoms with van der Waals surface area (Å²) in [5, 5.41) is 35.0. The van der Waals surface area contributed by atoms with E-state index in [0.717, 1.165) is 12.3 Å². The highest BCUT2D eigenvalue weighted by atomic mass is 19.1. The van der Waals surface area contributed by atoms with Crippen LogP contribution in [-0.4, -0.2) is 27.1 Å². The number of rotatable bonds is 6. The van der Waals surface area contributed by atoms with E-state index >= 15 is 0 Å². The maximum atomic E-state index is 12.8. The minimum atomic E-state index is -0.979. The summed E-state index contributed by atoms with van der Waals surface area (Å²) in [5.74, 6) is -1.85. The summed E-state index contributed by atoms with van der Waals surface area (Å²) >= 11 is 0. The molecule has 0 radical (unpaired) electrons. The second-order valence-electron chi connectivity index (χ2n) is 5.01. The lowest BCUT2D eigenvalue weighted by Gasteiger charge is -2.02. The van der Waals surface area contributed by atoms with Crippen molar-refractivity contribution in [1.82, 2.24) is 5.43 Å². The highest BCUT2D eigenvalue weighted by Crippen LogP contribution is 2.33. The average molecular weight is 362 g/mol. The molecule has 26 heavy (non-hydrogen) atoms. The van der Waals surface area contributed by atoms with Crippen molar-refractivity contribution in [1.29, 1.82) is 0 Å². The van der Waals surface area contributed by atoms with E-state index in [4.69, 9.17) is 0 Å². The third-order valence-corrected chi connectivity index (χ3v) is 3.18. The number of hydrogen-bond acceptors (Lipinski definition) is 7. The molecule has 2 aromatic rings. The number of non-ortho nitro benzene ring substituents is 1. The molecule has 0 saturated carbocycles. The Morgan fingerprint density at radius 3 is 2.42 bits per heavy atom. The lowest BCUT2D eigenvalue weighted by atomic mass is 10.1. The van der Waals surface area contributed by atoms with Crippen LogP contribution in [0, 0.1) is 26.0 Å². The van der Waals surface area contributed by atoms with Gasteiger partial charge in [-0.15, -0.1) is 0 Å². The highest BCUT2D eigenvalue weighted by molar-refractivity contribution is 5.88. The Hall–Kier alpha value is -3.89. The molecule has 0 bridgehead atoms. The van der Waals surface area contributed by atoms with Crippen LogP contribution in [0.1, 0.15) is 11.1 Å². The smallest absolute Gasteiger partial charge is 0.318 e. The number of nitrogens with one attached hydrogen (secondary N) is 1. The van der Waals surface area contributed by atoms with Crippen molar-refractivity contribution in [2.75, 3.05) is 0 Å². The van der Waals surface area contributed by atoms with Crippen LogP contribution in [0.4, 0.5) is 15.8 Å². The van der Waals surface area contributed by atoms with E-state index in [0.29, 0.717) is 11.6 Å². The van der Waals surface area contributed by atoms with E-state index in [1.54, 1.807) is 0 Å². The van der Waals surface area contributed by atoms with Crippen molar-refractivity contribution < 1.29 is 24.1 Å². The monoisotopic (exact) mass is 362 g/mol. The SMILES string of the molecule is O=C(Cc1ccc(F)cc1)N/N=C/c1cc([N+](=O)[O-])cc([N+](=O)[O-])c1O. The van der Waals surface area contributed by atoms with Gasteiger partial charge in [-0.05, 0) is 17.7 Å². The summed E-state index contributed by atoms with van der Waals surface area (Å²) in [6.07, 6.45) is 0.733. The molecule has 0 unspecified atom stereocenters. The molecule has 0 aromatic heterocycles. The molecule has 0 saturated heterocycles. The van der Waals surface area contributed by atoms with Gasteiger partial charge in [-0.2, -0.15) is 5.10 Å². The molecule has 1 amide bonds. The van der Waals surface area contributed by atoms with E-state index in [1.165, 1.54) is 24.3 Å². The number of aromatic hydroxyl groups is 1. The first-order valence-corrected chi connectivity index (χ1v) is 7.00. The third-order valence-electron chi connectivity index (χ3n) is 3.18. The molecule has 0 heterocycles. The number of phenolic OH excluding ortho intramolecular Hbond substituents is 1. The second-order valence-corrected chi connectivity index (χ2v) is 5.01. The largest absolute Gasteiger partial charge is 0.502 e. The van der Waals surface area contributed by atoms with Crippen LogP contribution in [0.2, 0.25) is 0 Å². The molecule has 10 nitrogen and oxygen atoms in total. The molecule has 0 aliphatic rings. The first-order chi connectivity index (χ1) is 12.3. The van der Waals surface area contributed by atoms with E-state index in [-0.39, 0.29) is 12.0 Å². The summed E-state index contributed by atoms with van der Waals surface area (Å²) in [5.41, 5.74) is 0.834. The minimum absolute atomic E-state index is 0.112. The van der Waals surface area contributed by atoms with E-state index in [2.05, 4.69) is 10.5 Å². The third kappa shape index (κ3) is 4.56. The topological polar surface area (TPSA) is 148 Å². The second kappa shape index (κ2) is 7.79. The molecule has 11 heteroatoms. The van der Waals surface area contributed by atoms with Crippen molar-refractivity contribution in [3.05, 3.63) is 73.6 Å². The lowest BCUT2D eigenvalue weighted by Crippen LogP contribution is -2.19. The van der Waals surface area contributed by atoms with Gasteiger partial charge in [-0.25, -0.2) is 9.82 Å². The van der Waals surface area contributed by atoms with Crippen LogP contribution in [-0.2, 0) is 11.2 Å². The quantitative estimate of drug-likeness (QED) is 0.456. The molecule has 2 aromatic carbocycles. The Morgan fingerprint density at radius 2 is 1.85 bits per heavy atom. The maximum Gasteiger partial charge on any atom is 0.318 e. The van der Waals surface area contributed by atoms with Crippen molar-refractivity contribution in [2.45, 2.75) is 6.42 Å². The molecular formula is C15H11FN4O6. The predicted octanol–water partition coefficient (Wildman–Crippen LogP) is 2.04. The van der Waals surface area contributed by atoms with Gasteiger partial charge in [0.05, 0.1) is 34.1 Å². The average Bonchev–Trinajstić information content (AvgIpc) is 2.58. The normalized spacial score (nSPS) is 10.7. The number of hydrazone groups is 1. The van der Waals surface area contributed by atoms with Crippen molar-refractivity contribution >= 4 is 23.5 Å². The number of benzene rings is 2. The minimum Gasteiger partial charge on any atom is -0.502 e. The number of carbonyl (C=O) groups is 1. The van der Waals surface area contributed by atoms with Crippen LogP contribution in [0.15, 0.2) is 41.5 Å². The zero-order valence-corrected chi connectivity index (χ0v) is 13.0. The fourth-order valence-electron chi connectivity index (χ4n) is 1.97. The number of nitro benzene ring substituents is 2. The zero-order valence-electron chi connectivity index (χ0n) is 13.0. The molecule has 0 spiro atoms. The van der Waals surface area contributed by atoms with Crippen LogP contribution >= 0.6 is 0 Å². The summed E-state index contributed by atoms with van der Waals surface area (Å²) < 4.78 is 12.8. The molecule has 2 N–H and O–H groups in total. The van der Waals surface area contributed by atoms with Crippen LogP contribution < -0.4 is 5.43 Å². The van der Waals surface area contributed by atoms with Gasteiger partial charge in [-0.1, -0.05) is 12.1 Å². The standard InChI is InChI=1S/C15H11FN4O6/c16-11-3-1-9(2-4-11)5-14(21)18-17-8-10-6-12(19(23)24)7-13(15(10)22)20(25)26/h1-4,6-8,22H,5H2,(H,18,21)/b17-8+. The molecule has 0 aliphatic heterocycles. The van der Waals surface area contributed by atoms with Gasteiger partial charge >= 0.3 is 5.69 Å². The van der Waals surface area contributed by atoms with Gasteiger partial charge in [0.2, 0.25) is 11.7 Å². The van der Waals surface area contributed by atoms with E-state index in [1.807, 2.05) is 0 Å². The molecule has 0 atom stereocenters. The number of nitrogens with zero attached hydrogens (tertiary/aromatic N) is 3.